The second-order valence-corrected chi connectivity index (χ2v) is 28.0. The third-order valence-corrected chi connectivity index (χ3v) is 18.3. The van der Waals surface area contributed by atoms with Gasteiger partial charge in [0.05, 0.1) is 52.7 Å². The number of halogens is 2. The number of hydrogen-bond donors (Lipinski definition) is 6. The van der Waals surface area contributed by atoms with Gasteiger partial charge >= 0.3 is 5.97 Å². The molecule has 0 saturated carbocycles. The van der Waals surface area contributed by atoms with Crippen molar-refractivity contribution in [2.45, 2.75) is 114 Å². The molecule has 0 aliphatic rings. The zero-order valence-corrected chi connectivity index (χ0v) is 62.4. The Balaban J connectivity index is 0.888. The Kier molecular flexibility index (Phi) is 29.1. The largest absolute Gasteiger partial charge is 0.507 e. The summed E-state index contributed by atoms with van der Waals surface area (Å²) in [5, 5.41) is 36.6. The molecule has 6 N–H and O–H groups in total. The molecule has 0 fully saturated rings. The van der Waals surface area contributed by atoms with E-state index in [0.29, 0.717) is 85.7 Å². The Bertz CT molecular complexity index is 4350. The molecule has 0 radical (unpaired) electrons. The van der Waals surface area contributed by atoms with E-state index in [1.54, 1.807) is 61.7 Å². The van der Waals surface area contributed by atoms with Gasteiger partial charge in [-0.15, -0.1) is 0 Å². The van der Waals surface area contributed by atoms with E-state index in [1.165, 1.54) is 19.2 Å². The number of alkyl halides is 2. The number of amides is 4. The van der Waals surface area contributed by atoms with E-state index in [2.05, 4.69) is 96.7 Å². The van der Waals surface area contributed by atoms with Gasteiger partial charge in [0.1, 0.15) is 23.6 Å². The minimum Gasteiger partial charge on any atom is -0.507 e. The van der Waals surface area contributed by atoms with E-state index >= 15 is 4.79 Å². The minimum absolute atomic E-state index is 0.0108. The lowest BCUT2D eigenvalue weighted by atomic mass is 9.97. The van der Waals surface area contributed by atoms with Crippen molar-refractivity contribution in [1.82, 2.24) is 75.4 Å². The molecule has 8 aromatic heterocycles. The first-order valence-electron chi connectivity index (χ1n) is 35.5. The number of phenolic OH excluding ortho intramolecular Hbond substituents is 2. The third-order valence-electron chi connectivity index (χ3n) is 17.7. The maximum Gasteiger partial charge on any atom is 0.328 e. The van der Waals surface area contributed by atoms with Crippen molar-refractivity contribution in [2.75, 3.05) is 19.0 Å². The lowest BCUT2D eigenvalue weighted by Crippen LogP contribution is -2.49. The first-order chi connectivity index (χ1) is 53.1. The number of benzene rings is 3. The number of anilines is 1. The molecule has 558 valence electrons. The van der Waals surface area contributed by atoms with Crippen molar-refractivity contribution in [3.8, 4) is 11.5 Å². The number of pyridine rings is 8. The van der Waals surface area contributed by atoms with Crippen molar-refractivity contribution in [3.63, 3.8) is 0 Å². The van der Waals surface area contributed by atoms with Gasteiger partial charge in [-0.05, 0) is 126 Å². The monoisotopic (exact) mass is 1550 g/mol. The quantitative estimate of drug-likeness (QED) is 0.0155. The number of hydrogen-bond acceptors (Lipinski definition) is 20. The predicted octanol–water partition coefficient (Wildman–Crippen LogP) is 10.7. The summed E-state index contributed by atoms with van der Waals surface area (Å²) in [7, 11) is 1.23. The van der Waals surface area contributed by atoms with E-state index in [4.69, 9.17) is 16.3 Å². The van der Waals surface area contributed by atoms with Crippen molar-refractivity contribution < 1.29 is 38.9 Å². The molecule has 26 heteroatoms. The molecule has 0 spiro atoms. The lowest BCUT2D eigenvalue weighted by Gasteiger charge is -2.26. The minimum atomic E-state index is -1.33. The van der Waals surface area contributed by atoms with E-state index in [-0.39, 0.29) is 74.7 Å². The second-order valence-electron chi connectivity index (χ2n) is 26.2. The molecule has 3 aromatic carbocycles. The van der Waals surface area contributed by atoms with Crippen molar-refractivity contribution >= 4 is 62.8 Å². The predicted molar refractivity (Wildman–Crippen MR) is 416 cm³/mol. The highest BCUT2D eigenvalue weighted by molar-refractivity contribution is 9.10. The van der Waals surface area contributed by atoms with Gasteiger partial charge in [0.2, 0.25) is 11.8 Å². The van der Waals surface area contributed by atoms with Crippen LogP contribution < -0.4 is 21.3 Å². The van der Waals surface area contributed by atoms with Crippen LogP contribution in [0.25, 0.3) is 0 Å². The fraction of sp³-hybridized carbons (Fsp3) is 0.241. The maximum atomic E-state index is 15.1. The maximum absolute atomic E-state index is 15.1. The molecular weight excluding hydrogens is 1460 g/mol. The fourth-order valence-corrected chi connectivity index (χ4v) is 12.8. The van der Waals surface area contributed by atoms with Crippen LogP contribution >= 0.6 is 27.5 Å². The van der Waals surface area contributed by atoms with Gasteiger partial charge in [-0.3, -0.25) is 78.6 Å². The molecule has 4 amide bonds. The van der Waals surface area contributed by atoms with Crippen LogP contribution in [-0.4, -0.2) is 129 Å². The van der Waals surface area contributed by atoms with Crippen LogP contribution in [0.4, 0.5) is 5.69 Å². The SMILES string of the molecule is COC(=O)[C@H](Cc1cc(CN(Cc2ccccn2)Cc2ccccn2)c(O)c(CN(Cc2ccccn2)Cc2ccccn2)c1)NC(=O)CCNC(=O)[C@H](Cc1cc(CN(Cc2ccccn2)Cc2ccccn2)c(O)c(CN(Cc2ccccn2)Cc2ccccn2)c1)NC(=O)c1cccc(NC(=O)C(Cl)Br)c1. The summed E-state index contributed by atoms with van der Waals surface area (Å²) in [6.07, 6.45) is 13.3. The number of carbonyl (C=O) groups excluding carboxylic acids is 5. The Morgan fingerprint density at radius 1 is 0.413 bits per heavy atom. The molecule has 0 aliphatic carbocycles. The fourth-order valence-electron chi connectivity index (χ4n) is 12.7. The van der Waals surface area contributed by atoms with E-state index in [9.17, 15) is 29.4 Å². The molecule has 0 bridgehead atoms. The zero-order valence-electron chi connectivity index (χ0n) is 60.1. The van der Waals surface area contributed by atoms with E-state index < -0.39 is 46.0 Å². The summed E-state index contributed by atoms with van der Waals surface area (Å²) in [4.78, 5) is 116. The zero-order chi connectivity index (χ0) is 76.1. The van der Waals surface area contributed by atoms with Crippen LogP contribution in [0.1, 0.15) is 95.7 Å². The molecule has 0 saturated heterocycles. The standard InChI is InChI=1S/C83H84BrClN16O8/c1-109-83(108)75(44-59-41-63(48-100(54-70-24-6-14-34-90-70)55-71-25-7-15-35-91-71)78(104)64(42-59)49-101(56-72-26-8-16-36-92-72)57-73-27-9-17-37-93-73)96-76(102)29-38-94-81(106)74(97-80(105)60-19-18-28-65(45-60)95-82(107)79(84)85)43-58-39-61(46-98(50-66-20-2-10-30-86-66)51-67-21-3-11-31-87-67)77(103)62(40-58)47-99(52-68-22-4-12-32-88-68)53-69-23-5-13-33-89-69/h2-28,30-37,39-42,45,74-75,79,103-104H,29,38,43-44,46-57H2,1H3,(H,94,106)(H,95,107)(H,96,102)(H,97,105)/t74-,75-,79?/m0/s1. The van der Waals surface area contributed by atoms with Crippen molar-refractivity contribution in [1.29, 1.82) is 0 Å². The van der Waals surface area contributed by atoms with Gasteiger partial charge < -0.3 is 36.2 Å². The Morgan fingerprint density at radius 3 is 1.03 bits per heavy atom. The van der Waals surface area contributed by atoms with Crippen LogP contribution in [0.3, 0.4) is 0 Å². The molecule has 8 heterocycles. The first kappa shape index (κ1) is 78.5. The second kappa shape index (κ2) is 40.4. The Morgan fingerprint density at radius 2 is 0.734 bits per heavy atom. The smallest absolute Gasteiger partial charge is 0.328 e. The summed E-state index contributed by atoms with van der Waals surface area (Å²) in [5.41, 5.74) is 9.92. The highest BCUT2D eigenvalue weighted by Crippen LogP contribution is 2.33. The van der Waals surface area contributed by atoms with Gasteiger partial charge in [-0.1, -0.05) is 106 Å². The highest BCUT2D eigenvalue weighted by Gasteiger charge is 2.29. The highest BCUT2D eigenvalue weighted by atomic mass is 79.9. The van der Waals surface area contributed by atoms with Crippen LogP contribution in [0.5, 0.6) is 11.5 Å². The average molecular weight is 1550 g/mol. The molecule has 1 unspecified atom stereocenters. The number of ether oxygens (including phenoxy) is 1. The molecule has 24 nitrogen and oxygen atoms in total. The van der Waals surface area contributed by atoms with Crippen molar-refractivity contribution in [3.05, 3.63) is 328 Å². The van der Waals surface area contributed by atoms with Crippen LogP contribution in [-0.2, 0) is 115 Å². The summed E-state index contributed by atoms with van der Waals surface area (Å²) < 4.78 is 4.30. The first-order valence-corrected chi connectivity index (χ1v) is 36.9. The van der Waals surface area contributed by atoms with Crippen molar-refractivity contribution in [2.24, 2.45) is 0 Å². The Hall–Kier alpha value is -11.6. The van der Waals surface area contributed by atoms with E-state index in [0.717, 1.165) is 45.6 Å². The van der Waals surface area contributed by atoms with Gasteiger partial charge in [0, 0.05) is 187 Å². The number of aromatic nitrogens is 8. The molecule has 11 rings (SSSR count). The summed E-state index contributed by atoms with van der Waals surface area (Å²) in [6.45, 7) is 3.64. The lowest BCUT2D eigenvalue weighted by molar-refractivity contribution is -0.145. The molecular formula is C83H84BrClN16O8. The number of carbonyl (C=O) groups is 5. The number of aromatic hydroxyl groups is 2. The summed E-state index contributed by atoms with van der Waals surface area (Å²) in [6, 6.07) is 56.3. The molecule has 11 aromatic rings. The van der Waals surface area contributed by atoms with Gasteiger partial charge in [0.25, 0.3) is 11.8 Å². The normalized spacial score (nSPS) is 12.1. The number of phenols is 2. The number of rotatable bonds is 38. The number of methoxy groups -OCH3 is 1. The summed E-state index contributed by atoms with van der Waals surface area (Å²) in [5.74, 6) is -3.22. The van der Waals surface area contributed by atoms with Gasteiger partial charge in [-0.25, -0.2) is 4.79 Å². The molecule has 0 aliphatic heterocycles. The Labute approximate surface area is 646 Å². The van der Waals surface area contributed by atoms with Gasteiger partial charge in [-0.2, -0.15) is 0 Å². The third kappa shape index (κ3) is 24.7. The van der Waals surface area contributed by atoms with Crippen LogP contribution in [0, 0.1) is 0 Å². The number of nitrogens with one attached hydrogen (secondary N) is 4. The number of esters is 1. The topological polar surface area (TPSA) is 299 Å². The van der Waals surface area contributed by atoms with Gasteiger partial charge in [0.15, 0.2) is 4.29 Å². The van der Waals surface area contributed by atoms with Crippen LogP contribution in [0.15, 0.2) is 244 Å². The van der Waals surface area contributed by atoms with E-state index in [1.807, 2.05) is 170 Å². The number of nitrogens with zero attached hydrogens (tertiary/aromatic N) is 12. The molecule has 3 atom stereocenters. The summed E-state index contributed by atoms with van der Waals surface area (Å²) >= 11 is 9.12. The van der Waals surface area contributed by atoms with Crippen LogP contribution in [0.2, 0.25) is 0 Å². The molecule has 109 heavy (non-hydrogen) atoms. The average Bonchev–Trinajstić information content (AvgIpc) is 0.812.